The van der Waals surface area contributed by atoms with E-state index >= 15 is 0 Å². The molecule has 0 aliphatic carbocycles. The fourth-order valence-electron chi connectivity index (χ4n) is 3.40. The number of nitrogens with zero attached hydrogens (tertiary/aromatic N) is 1. The minimum absolute atomic E-state index is 0.235. The Kier molecular flexibility index (Phi) is 4.68. The number of benzene rings is 3. The largest absolute Gasteiger partial charge is 0.497 e. The van der Waals surface area contributed by atoms with Gasteiger partial charge in [0.15, 0.2) is 0 Å². The van der Waals surface area contributed by atoms with Gasteiger partial charge in [0.1, 0.15) is 11.4 Å². The van der Waals surface area contributed by atoms with Crippen LogP contribution < -0.4 is 4.74 Å². The van der Waals surface area contributed by atoms with E-state index in [1.54, 1.807) is 11.7 Å². The molecule has 1 heterocycles. The SMILES string of the molecule is COc1ccc(-c2c(C(=O)O)n(C=Cc3ccccc3)c3ccccc23)cc1. The van der Waals surface area contributed by atoms with E-state index in [2.05, 4.69) is 0 Å². The van der Waals surface area contributed by atoms with Crippen LogP contribution in [0.4, 0.5) is 0 Å². The van der Waals surface area contributed by atoms with E-state index in [-0.39, 0.29) is 5.69 Å². The third-order valence-electron chi connectivity index (χ3n) is 4.71. The number of rotatable bonds is 5. The predicted molar refractivity (Wildman–Crippen MR) is 113 cm³/mol. The number of methoxy groups -OCH3 is 1. The molecule has 4 nitrogen and oxygen atoms in total. The number of para-hydroxylation sites is 1. The number of aromatic nitrogens is 1. The lowest BCUT2D eigenvalue weighted by molar-refractivity contribution is 0.0690. The monoisotopic (exact) mass is 369 g/mol. The van der Waals surface area contributed by atoms with E-state index in [1.807, 2.05) is 91.1 Å². The van der Waals surface area contributed by atoms with Gasteiger partial charge in [0.05, 0.1) is 12.6 Å². The molecule has 0 spiro atoms. The molecule has 4 aromatic rings. The number of carboxylic acids is 1. The van der Waals surface area contributed by atoms with Gasteiger partial charge in [0.2, 0.25) is 0 Å². The molecule has 3 aromatic carbocycles. The summed E-state index contributed by atoms with van der Waals surface area (Å²) in [5.41, 5.74) is 3.61. The second kappa shape index (κ2) is 7.45. The van der Waals surface area contributed by atoms with Crippen LogP contribution in [0.1, 0.15) is 16.1 Å². The van der Waals surface area contributed by atoms with Gasteiger partial charge in [0, 0.05) is 17.1 Å². The molecular formula is C24H19NO3. The average Bonchev–Trinajstić information content (AvgIpc) is 3.08. The topological polar surface area (TPSA) is 51.5 Å². The first-order valence-corrected chi connectivity index (χ1v) is 8.93. The van der Waals surface area contributed by atoms with Crippen LogP contribution in [0, 0.1) is 0 Å². The van der Waals surface area contributed by atoms with Gasteiger partial charge in [-0.3, -0.25) is 0 Å². The molecule has 0 saturated carbocycles. The van der Waals surface area contributed by atoms with E-state index < -0.39 is 5.97 Å². The maximum atomic E-state index is 12.2. The number of hydrogen-bond acceptors (Lipinski definition) is 2. The first kappa shape index (κ1) is 17.6. The molecule has 28 heavy (non-hydrogen) atoms. The molecule has 4 rings (SSSR count). The van der Waals surface area contributed by atoms with Crippen LogP contribution in [0.3, 0.4) is 0 Å². The normalized spacial score (nSPS) is 11.2. The Hall–Kier alpha value is -3.79. The lowest BCUT2D eigenvalue weighted by Crippen LogP contribution is -2.05. The molecule has 0 saturated heterocycles. The van der Waals surface area contributed by atoms with E-state index in [4.69, 9.17) is 4.74 Å². The first-order valence-electron chi connectivity index (χ1n) is 8.93. The highest BCUT2D eigenvalue weighted by Gasteiger charge is 2.22. The molecule has 0 aliphatic rings. The molecule has 0 aliphatic heterocycles. The maximum Gasteiger partial charge on any atom is 0.353 e. The number of ether oxygens (including phenoxy) is 1. The van der Waals surface area contributed by atoms with Crippen molar-refractivity contribution in [1.82, 2.24) is 4.57 Å². The van der Waals surface area contributed by atoms with Crippen LogP contribution in [0.25, 0.3) is 34.3 Å². The zero-order chi connectivity index (χ0) is 19.5. The Morgan fingerprint density at radius 3 is 2.29 bits per heavy atom. The van der Waals surface area contributed by atoms with Crippen LogP contribution in [-0.2, 0) is 0 Å². The van der Waals surface area contributed by atoms with Crippen molar-refractivity contribution < 1.29 is 14.6 Å². The van der Waals surface area contributed by atoms with Gasteiger partial charge < -0.3 is 14.4 Å². The molecule has 1 aromatic heterocycles. The van der Waals surface area contributed by atoms with Crippen LogP contribution in [-0.4, -0.2) is 22.8 Å². The van der Waals surface area contributed by atoms with E-state index in [0.717, 1.165) is 27.8 Å². The Labute approximate surface area is 162 Å². The fraction of sp³-hybridized carbons (Fsp3) is 0.0417. The van der Waals surface area contributed by atoms with Gasteiger partial charge in [-0.1, -0.05) is 60.7 Å². The second-order valence-electron chi connectivity index (χ2n) is 6.37. The third kappa shape index (κ3) is 3.16. The summed E-state index contributed by atoms with van der Waals surface area (Å²) in [4.78, 5) is 12.2. The summed E-state index contributed by atoms with van der Waals surface area (Å²) in [5.74, 6) is -0.243. The minimum Gasteiger partial charge on any atom is -0.497 e. The minimum atomic E-state index is -0.972. The summed E-state index contributed by atoms with van der Waals surface area (Å²) in [5, 5.41) is 10.9. The first-order chi connectivity index (χ1) is 13.7. The predicted octanol–water partition coefficient (Wildman–Crippen LogP) is 5.64. The van der Waals surface area contributed by atoms with Crippen molar-refractivity contribution in [3.05, 3.63) is 90.1 Å². The lowest BCUT2D eigenvalue weighted by Gasteiger charge is -2.06. The molecule has 0 bridgehead atoms. The number of carboxylic acid groups (broad SMARTS) is 1. The summed E-state index contributed by atoms with van der Waals surface area (Å²) >= 11 is 0. The van der Waals surface area contributed by atoms with Crippen molar-refractivity contribution >= 4 is 29.1 Å². The van der Waals surface area contributed by atoms with Crippen molar-refractivity contribution in [2.75, 3.05) is 7.11 Å². The maximum absolute atomic E-state index is 12.2. The number of aromatic carboxylic acids is 1. The van der Waals surface area contributed by atoms with Crippen molar-refractivity contribution in [3.8, 4) is 16.9 Å². The molecule has 1 N–H and O–H groups in total. The Morgan fingerprint density at radius 2 is 1.61 bits per heavy atom. The average molecular weight is 369 g/mol. The summed E-state index contributed by atoms with van der Waals surface area (Å²) < 4.78 is 6.97. The molecule has 0 fully saturated rings. The molecular weight excluding hydrogens is 350 g/mol. The Balaban J connectivity index is 1.96. The fourth-order valence-corrected chi connectivity index (χ4v) is 3.40. The highest BCUT2D eigenvalue weighted by atomic mass is 16.5. The van der Waals surface area contributed by atoms with Crippen LogP contribution in [0.15, 0.2) is 78.9 Å². The summed E-state index contributed by atoms with van der Waals surface area (Å²) in [7, 11) is 1.61. The highest BCUT2D eigenvalue weighted by Crippen LogP contribution is 2.36. The van der Waals surface area contributed by atoms with Crippen LogP contribution in [0.2, 0.25) is 0 Å². The van der Waals surface area contributed by atoms with Gasteiger partial charge in [-0.15, -0.1) is 0 Å². The molecule has 0 amide bonds. The molecule has 0 atom stereocenters. The van der Waals surface area contributed by atoms with E-state index in [9.17, 15) is 9.90 Å². The van der Waals surface area contributed by atoms with E-state index in [0.29, 0.717) is 5.56 Å². The van der Waals surface area contributed by atoms with Gasteiger partial charge in [0.25, 0.3) is 0 Å². The van der Waals surface area contributed by atoms with E-state index in [1.165, 1.54) is 0 Å². The highest BCUT2D eigenvalue weighted by molar-refractivity contribution is 6.09. The summed E-state index contributed by atoms with van der Waals surface area (Å²) in [6.45, 7) is 0. The summed E-state index contributed by atoms with van der Waals surface area (Å²) in [6.07, 6.45) is 3.73. The van der Waals surface area contributed by atoms with Gasteiger partial charge in [-0.2, -0.15) is 0 Å². The Bertz CT molecular complexity index is 1160. The smallest absolute Gasteiger partial charge is 0.353 e. The van der Waals surface area contributed by atoms with Crippen molar-refractivity contribution in [3.63, 3.8) is 0 Å². The van der Waals surface area contributed by atoms with Gasteiger partial charge in [-0.25, -0.2) is 4.79 Å². The van der Waals surface area contributed by atoms with Crippen LogP contribution >= 0.6 is 0 Å². The second-order valence-corrected chi connectivity index (χ2v) is 6.37. The van der Waals surface area contributed by atoms with Crippen molar-refractivity contribution in [2.24, 2.45) is 0 Å². The standard InChI is InChI=1S/C24H19NO3/c1-28-19-13-11-18(12-14-19)22-20-9-5-6-10-21(20)25(23(22)24(26)27)16-15-17-7-3-2-4-8-17/h2-16H,1H3,(H,26,27). The van der Waals surface area contributed by atoms with Crippen molar-refractivity contribution in [2.45, 2.75) is 0 Å². The van der Waals surface area contributed by atoms with Crippen LogP contribution in [0.5, 0.6) is 5.75 Å². The lowest BCUT2D eigenvalue weighted by atomic mass is 10.0. The number of carbonyl (C=O) groups is 1. The molecule has 138 valence electrons. The summed E-state index contributed by atoms with van der Waals surface area (Å²) in [6, 6.07) is 25.0. The molecule has 4 heteroatoms. The molecule has 0 radical (unpaired) electrons. The molecule has 0 unspecified atom stereocenters. The van der Waals surface area contributed by atoms with Crippen molar-refractivity contribution in [1.29, 1.82) is 0 Å². The van der Waals surface area contributed by atoms with Gasteiger partial charge >= 0.3 is 5.97 Å². The van der Waals surface area contributed by atoms with Gasteiger partial charge in [-0.05, 0) is 35.4 Å². The zero-order valence-corrected chi connectivity index (χ0v) is 15.4. The third-order valence-corrected chi connectivity index (χ3v) is 4.71. The zero-order valence-electron chi connectivity index (χ0n) is 15.4. The quantitative estimate of drug-likeness (QED) is 0.495. The number of fused-ring (bicyclic) bond motifs is 1. The number of hydrogen-bond donors (Lipinski definition) is 1. The Morgan fingerprint density at radius 1 is 0.929 bits per heavy atom.